The minimum Gasteiger partial charge on any atom is -0.308 e. The van der Waals surface area contributed by atoms with Gasteiger partial charge < -0.3 is 4.79 Å². The Balaban J connectivity index is 1.70. The Bertz CT molecular complexity index is 1630. The molecule has 0 aliphatic heterocycles. The van der Waals surface area contributed by atoms with E-state index >= 15 is 4.39 Å². The number of para-hydroxylation sites is 1. The van der Waals surface area contributed by atoms with E-state index in [9.17, 15) is 4.79 Å². The molecule has 0 N–H and O–H groups in total. The van der Waals surface area contributed by atoms with E-state index in [0.717, 1.165) is 34.1 Å². The number of fused-ring (bicyclic) bond motifs is 4. The first-order valence-electron chi connectivity index (χ1n) is 12.1. The van der Waals surface area contributed by atoms with Crippen LogP contribution in [0.25, 0.3) is 38.4 Å². The fourth-order valence-corrected chi connectivity index (χ4v) is 6.03. The molecule has 36 heavy (non-hydrogen) atoms. The maximum Gasteiger partial charge on any atom is 0.226 e. The summed E-state index contributed by atoms with van der Waals surface area (Å²) in [4.78, 5) is 31.0. The number of pyridine rings is 1. The van der Waals surface area contributed by atoms with Crippen LogP contribution in [0.5, 0.6) is 0 Å². The van der Waals surface area contributed by atoms with Crippen molar-refractivity contribution in [2.24, 2.45) is 11.8 Å². The van der Waals surface area contributed by atoms with Crippen molar-refractivity contribution in [3.05, 3.63) is 101 Å². The lowest BCUT2D eigenvalue weighted by Crippen LogP contribution is -2.46. The Hall–Kier alpha value is -4.24. The molecule has 0 bridgehead atoms. The zero-order valence-corrected chi connectivity index (χ0v) is 20.0. The van der Waals surface area contributed by atoms with Crippen molar-refractivity contribution in [3.63, 3.8) is 0 Å². The topological polar surface area (TPSA) is 60.1 Å². The van der Waals surface area contributed by atoms with E-state index in [1.54, 1.807) is 30.5 Å². The number of ketones is 1. The number of Topliss-reactive ketones (excluding diaryl/α,β-unsaturated/α-hetero) is 1. The third-order valence-corrected chi connectivity index (χ3v) is 7.82. The summed E-state index contributed by atoms with van der Waals surface area (Å²) >= 11 is 0. The van der Waals surface area contributed by atoms with Gasteiger partial charge in [0.2, 0.25) is 5.70 Å². The van der Waals surface area contributed by atoms with Crippen LogP contribution in [0.3, 0.4) is 0 Å². The lowest BCUT2D eigenvalue weighted by Gasteiger charge is -2.46. The summed E-state index contributed by atoms with van der Waals surface area (Å²) in [6, 6.07) is 16.4. The molecule has 6 rings (SSSR count). The van der Waals surface area contributed by atoms with E-state index in [4.69, 9.17) is 16.5 Å². The van der Waals surface area contributed by atoms with E-state index in [2.05, 4.69) is 9.83 Å². The number of allylic oxidation sites excluding steroid dienone is 2. The average molecular weight is 475 g/mol. The lowest BCUT2D eigenvalue weighted by molar-refractivity contribution is -0.121. The lowest BCUT2D eigenvalue weighted by atomic mass is 9.58. The summed E-state index contributed by atoms with van der Waals surface area (Å²) in [6.45, 7) is 11.6. The Morgan fingerprint density at radius 3 is 2.64 bits per heavy atom. The van der Waals surface area contributed by atoms with Crippen molar-refractivity contribution in [2.45, 2.75) is 32.1 Å². The van der Waals surface area contributed by atoms with Crippen LogP contribution in [-0.4, -0.2) is 20.7 Å². The molecule has 3 atom stereocenters. The smallest absolute Gasteiger partial charge is 0.226 e. The molecule has 0 radical (unpaired) electrons. The van der Waals surface area contributed by atoms with E-state index < -0.39 is 5.41 Å². The molecule has 2 aromatic heterocycles. The fourth-order valence-electron chi connectivity index (χ4n) is 6.03. The third-order valence-electron chi connectivity index (χ3n) is 7.82. The van der Waals surface area contributed by atoms with Crippen molar-refractivity contribution >= 4 is 16.7 Å². The molecule has 0 saturated carbocycles. The summed E-state index contributed by atoms with van der Waals surface area (Å²) in [7, 11) is 0. The second-order valence-electron chi connectivity index (χ2n) is 9.81. The first-order valence-corrected chi connectivity index (χ1v) is 12.1. The normalized spacial score (nSPS) is 22.9. The predicted octanol–water partition coefficient (Wildman–Crippen LogP) is 6.34. The van der Waals surface area contributed by atoms with Gasteiger partial charge >= 0.3 is 0 Å². The van der Waals surface area contributed by atoms with Crippen molar-refractivity contribution in [1.29, 1.82) is 0 Å². The Kier molecular flexibility index (Phi) is 5.04. The quantitative estimate of drug-likeness (QED) is 0.318. The van der Waals surface area contributed by atoms with E-state index in [0.29, 0.717) is 23.5 Å². The van der Waals surface area contributed by atoms with Crippen molar-refractivity contribution < 1.29 is 9.18 Å². The second kappa shape index (κ2) is 8.17. The summed E-state index contributed by atoms with van der Waals surface area (Å²) < 4.78 is 15.1. The first-order chi connectivity index (χ1) is 17.4. The SMILES string of the molecule is [C-]#[N+]C1=C[C@@]2(C)c3nc(-c4cccc5cccnc45)nc(-c4ccccc4F)c3CC[C@@H]2[C@@H](C)C1=O. The number of aromatic nitrogens is 3. The summed E-state index contributed by atoms with van der Waals surface area (Å²) in [5.74, 6) is -0.313. The molecule has 0 fully saturated rings. The number of carbonyl (C=O) groups excluding carboxylic acids is 1. The van der Waals surface area contributed by atoms with Gasteiger partial charge in [0.1, 0.15) is 5.82 Å². The van der Waals surface area contributed by atoms with Crippen LogP contribution in [-0.2, 0) is 16.6 Å². The summed E-state index contributed by atoms with van der Waals surface area (Å²) in [5, 5.41) is 0.958. The van der Waals surface area contributed by atoms with Crippen LogP contribution in [0.4, 0.5) is 4.39 Å². The molecule has 0 saturated heterocycles. The van der Waals surface area contributed by atoms with Crippen LogP contribution >= 0.6 is 0 Å². The molecular weight excluding hydrogens is 451 g/mol. The van der Waals surface area contributed by atoms with Gasteiger partial charge in [0.05, 0.1) is 23.5 Å². The predicted molar refractivity (Wildman–Crippen MR) is 136 cm³/mol. The summed E-state index contributed by atoms with van der Waals surface area (Å²) in [5.41, 5.74) is 3.62. The molecule has 2 aromatic carbocycles. The van der Waals surface area contributed by atoms with Crippen molar-refractivity contribution in [1.82, 2.24) is 15.0 Å². The van der Waals surface area contributed by atoms with Gasteiger partial charge in [-0.3, -0.25) is 4.98 Å². The van der Waals surface area contributed by atoms with E-state index in [1.807, 2.05) is 44.2 Å². The number of benzene rings is 2. The maximum absolute atomic E-state index is 15.1. The highest BCUT2D eigenvalue weighted by atomic mass is 19.1. The minimum absolute atomic E-state index is 0.00939. The third kappa shape index (κ3) is 3.20. The van der Waals surface area contributed by atoms with Gasteiger partial charge in [-0.15, -0.1) is 0 Å². The Morgan fingerprint density at radius 1 is 1.06 bits per heavy atom. The van der Waals surface area contributed by atoms with Gasteiger partial charge in [0.15, 0.2) is 11.6 Å². The molecule has 0 amide bonds. The molecule has 0 unspecified atom stereocenters. The molecule has 2 heterocycles. The number of halogens is 1. The Morgan fingerprint density at radius 2 is 1.83 bits per heavy atom. The maximum atomic E-state index is 15.1. The van der Waals surface area contributed by atoms with Gasteiger partial charge in [-0.2, -0.15) is 0 Å². The largest absolute Gasteiger partial charge is 0.308 e. The van der Waals surface area contributed by atoms with Crippen LogP contribution < -0.4 is 0 Å². The second-order valence-corrected chi connectivity index (χ2v) is 9.81. The number of hydrogen-bond donors (Lipinski definition) is 0. The number of carbonyl (C=O) groups is 1. The Labute approximate surface area is 208 Å². The van der Waals surface area contributed by atoms with Gasteiger partial charge in [-0.25, -0.2) is 19.2 Å². The fraction of sp³-hybridized carbons (Fsp3) is 0.233. The number of hydrogen-bond acceptors (Lipinski definition) is 4. The molecule has 2 aliphatic carbocycles. The summed E-state index contributed by atoms with van der Waals surface area (Å²) in [6.07, 6.45) is 4.89. The number of nitrogens with zero attached hydrogens (tertiary/aromatic N) is 4. The minimum atomic E-state index is -0.656. The van der Waals surface area contributed by atoms with Gasteiger partial charge in [0.25, 0.3) is 0 Å². The zero-order chi connectivity index (χ0) is 25.0. The highest BCUT2D eigenvalue weighted by Gasteiger charge is 2.49. The van der Waals surface area contributed by atoms with Gasteiger partial charge in [0, 0.05) is 39.6 Å². The molecule has 5 nitrogen and oxygen atoms in total. The number of rotatable bonds is 2. The van der Waals surface area contributed by atoms with Crippen LogP contribution in [0.15, 0.2) is 72.6 Å². The highest BCUT2D eigenvalue weighted by Crippen LogP contribution is 2.51. The molecule has 176 valence electrons. The van der Waals surface area contributed by atoms with E-state index in [-0.39, 0.29) is 29.1 Å². The molecule has 2 aliphatic rings. The van der Waals surface area contributed by atoms with Gasteiger partial charge in [-0.1, -0.05) is 50.3 Å². The van der Waals surface area contributed by atoms with E-state index in [1.165, 1.54) is 6.07 Å². The first kappa shape index (κ1) is 22.2. The van der Waals surface area contributed by atoms with Crippen LogP contribution in [0.2, 0.25) is 0 Å². The molecule has 0 spiro atoms. The van der Waals surface area contributed by atoms with Crippen molar-refractivity contribution in [3.8, 4) is 22.6 Å². The zero-order valence-electron chi connectivity index (χ0n) is 20.0. The van der Waals surface area contributed by atoms with Gasteiger partial charge in [-0.05, 0) is 43.0 Å². The van der Waals surface area contributed by atoms with Crippen molar-refractivity contribution in [2.75, 3.05) is 0 Å². The average Bonchev–Trinajstić information content (AvgIpc) is 2.90. The van der Waals surface area contributed by atoms with Crippen LogP contribution in [0, 0.1) is 24.2 Å². The molecule has 4 aromatic rings. The molecule has 6 heteroatoms. The molecular formula is C30H23FN4O. The van der Waals surface area contributed by atoms with Crippen LogP contribution in [0.1, 0.15) is 31.5 Å². The standard InChI is InChI=1S/C30H23FN4O/c1-17-22-14-13-20-26(19-10-4-5-12-23(19)31)34-29(21-11-6-8-18-9-7-15-33-25(18)21)35-28(20)30(22,2)16-24(32-3)27(17)36/h4-12,15-17,22H,13-14H2,1-2H3/t17-,22-,30-/m1/s1. The monoisotopic (exact) mass is 474 g/mol. The highest BCUT2D eigenvalue weighted by molar-refractivity contribution is 6.00.